The predicted octanol–water partition coefficient (Wildman–Crippen LogP) is 5.04. The van der Waals surface area contributed by atoms with Crippen molar-refractivity contribution in [1.29, 1.82) is 0 Å². The normalized spacial score (nSPS) is 14.7. The first-order valence-electron chi connectivity index (χ1n) is 8.73. The van der Waals surface area contributed by atoms with Gasteiger partial charge in [-0.05, 0) is 37.2 Å². The molecule has 2 aromatic heterocycles. The smallest absolute Gasteiger partial charge is 0.409 e. The molecule has 0 radical (unpaired) electrons. The van der Waals surface area contributed by atoms with Gasteiger partial charge in [0.05, 0.1) is 10.2 Å². The summed E-state index contributed by atoms with van der Waals surface area (Å²) in [5, 5.41) is 10.8. The molecule has 2 N–H and O–H groups in total. The van der Waals surface area contributed by atoms with E-state index in [-0.39, 0.29) is 11.4 Å². The van der Waals surface area contributed by atoms with E-state index in [9.17, 15) is 9.18 Å². The van der Waals surface area contributed by atoms with Crippen LogP contribution in [0.2, 0.25) is 0 Å². The van der Waals surface area contributed by atoms with E-state index in [2.05, 4.69) is 28.3 Å². The van der Waals surface area contributed by atoms with Crippen molar-refractivity contribution in [3.05, 3.63) is 53.3 Å². The number of benzene rings is 1. The molecule has 0 bridgehead atoms. The first kappa shape index (κ1) is 18.4. The zero-order valence-electron chi connectivity index (χ0n) is 15.1. The lowest BCUT2D eigenvalue weighted by Crippen LogP contribution is -2.24. The van der Waals surface area contributed by atoms with Crippen LogP contribution >= 0.6 is 11.3 Å². The fraction of sp³-hybridized carbons (Fsp3) is 0.200. The van der Waals surface area contributed by atoms with Gasteiger partial charge in [-0.15, -0.1) is 11.3 Å². The minimum absolute atomic E-state index is 0.0232. The molecule has 0 atom stereocenters. The largest absolute Gasteiger partial charge is 0.465 e. The van der Waals surface area contributed by atoms with Gasteiger partial charge in [-0.2, -0.15) is 0 Å². The number of hydrogen-bond acceptors (Lipinski definition) is 5. The van der Waals surface area contributed by atoms with Crippen molar-refractivity contribution >= 4 is 38.9 Å². The van der Waals surface area contributed by atoms with Gasteiger partial charge in [0.1, 0.15) is 5.75 Å². The van der Waals surface area contributed by atoms with Gasteiger partial charge in [0.2, 0.25) is 0 Å². The van der Waals surface area contributed by atoms with Crippen LogP contribution in [0, 0.1) is 5.82 Å². The van der Waals surface area contributed by atoms with Crippen LogP contribution in [-0.4, -0.2) is 41.2 Å². The molecular formula is C20H18FN3O3S. The third-order valence-electron chi connectivity index (χ3n) is 4.44. The lowest BCUT2D eigenvalue weighted by Gasteiger charge is -2.22. The summed E-state index contributed by atoms with van der Waals surface area (Å²) in [7, 11) is 2.10. The number of fused-ring (bicyclic) bond motifs is 1. The van der Waals surface area contributed by atoms with Crippen LogP contribution in [0.15, 0.2) is 42.6 Å². The van der Waals surface area contributed by atoms with Gasteiger partial charge in [0, 0.05) is 42.0 Å². The Balaban J connectivity index is 1.64. The van der Waals surface area contributed by atoms with Crippen molar-refractivity contribution in [3.8, 4) is 11.5 Å². The Hall–Kier alpha value is -2.97. The molecule has 0 saturated heterocycles. The maximum atomic E-state index is 14.3. The van der Waals surface area contributed by atoms with Gasteiger partial charge >= 0.3 is 6.09 Å². The minimum Gasteiger partial charge on any atom is -0.465 e. The summed E-state index contributed by atoms with van der Waals surface area (Å²) >= 11 is 1.57. The van der Waals surface area contributed by atoms with E-state index in [1.807, 2.05) is 6.07 Å². The van der Waals surface area contributed by atoms with Crippen molar-refractivity contribution in [2.24, 2.45) is 0 Å². The van der Waals surface area contributed by atoms with Gasteiger partial charge in [0.15, 0.2) is 11.6 Å². The molecule has 0 spiro atoms. The number of anilines is 1. The standard InChI is InChI=1S/C20H18FN3O3S/c1-24-8-2-3-12(11-24)18-10-15-19(28-18)17(6-7-22-15)27-16-5-4-13(9-14(16)21)23-20(25)26/h3-7,9-10,23H,2,8,11H2,1H3,(H,25,26). The molecule has 0 fully saturated rings. The molecular weight excluding hydrogens is 381 g/mol. The van der Waals surface area contributed by atoms with E-state index >= 15 is 0 Å². The Labute approximate surface area is 164 Å². The Morgan fingerprint density at radius 1 is 1.32 bits per heavy atom. The van der Waals surface area contributed by atoms with Crippen LogP contribution in [0.3, 0.4) is 0 Å². The summed E-state index contributed by atoms with van der Waals surface area (Å²) < 4.78 is 21.0. The number of pyridine rings is 1. The molecule has 28 heavy (non-hydrogen) atoms. The van der Waals surface area contributed by atoms with Gasteiger partial charge in [-0.1, -0.05) is 6.08 Å². The Kier molecular flexibility index (Phi) is 4.97. The molecule has 8 heteroatoms. The third kappa shape index (κ3) is 3.83. The highest BCUT2D eigenvalue weighted by molar-refractivity contribution is 7.20. The van der Waals surface area contributed by atoms with E-state index in [1.165, 1.54) is 17.7 Å². The fourth-order valence-corrected chi connectivity index (χ4v) is 4.22. The van der Waals surface area contributed by atoms with Crippen molar-refractivity contribution in [3.63, 3.8) is 0 Å². The number of carbonyl (C=O) groups is 1. The molecule has 1 aliphatic rings. The summed E-state index contributed by atoms with van der Waals surface area (Å²) in [6.45, 7) is 1.93. The number of nitrogens with zero attached hydrogens (tertiary/aromatic N) is 2. The number of carboxylic acid groups (broad SMARTS) is 1. The van der Waals surface area contributed by atoms with Gasteiger partial charge in [-0.25, -0.2) is 9.18 Å². The molecule has 1 aromatic carbocycles. The van der Waals surface area contributed by atoms with Crippen LogP contribution in [-0.2, 0) is 0 Å². The highest BCUT2D eigenvalue weighted by atomic mass is 32.1. The first-order chi connectivity index (χ1) is 13.5. The number of ether oxygens (including phenoxy) is 1. The summed E-state index contributed by atoms with van der Waals surface area (Å²) in [6.07, 6.45) is 3.64. The average Bonchev–Trinajstić information content (AvgIpc) is 3.09. The summed E-state index contributed by atoms with van der Waals surface area (Å²) in [5.74, 6) is -0.108. The molecule has 0 aliphatic carbocycles. The van der Waals surface area contributed by atoms with Crippen molar-refractivity contribution < 1.29 is 19.0 Å². The molecule has 0 unspecified atom stereocenters. The highest BCUT2D eigenvalue weighted by Crippen LogP contribution is 2.38. The molecule has 3 aromatic rings. The van der Waals surface area contributed by atoms with E-state index in [4.69, 9.17) is 9.84 Å². The SMILES string of the molecule is CN1CCC=C(c2cc3nccc(Oc4ccc(NC(=O)O)cc4F)c3s2)C1. The van der Waals surface area contributed by atoms with Crippen LogP contribution in [0.4, 0.5) is 14.9 Å². The Morgan fingerprint density at radius 2 is 2.18 bits per heavy atom. The summed E-state index contributed by atoms with van der Waals surface area (Å²) in [4.78, 5) is 18.5. The number of likely N-dealkylation sites (N-methyl/N-ethyl adjacent to an activating group) is 1. The zero-order valence-corrected chi connectivity index (χ0v) is 15.9. The average molecular weight is 399 g/mol. The van der Waals surface area contributed by atoms with E-state index in [1.54, 1.807) is 23.6 Å². The quantitative estimate of drug-likeness (QED) is 0.643. The van der Waals surface area contributed by atoms with Gasteiger partial charge in [-0.3, -0.25) is 10.3 Å². The monoisotopic (exact) mass is 399 g/mol. The molecule has 6 nitrogen and oxygen atoms in total. The second-order valence-electron chi connectivity index (χ2n) is 6.57. The van der Waals surface area contributed by atoms with Crippen LogP contribution in [0.5, 0.6) is 11.5 Å². The Morgan fingerprint density at radius 3 is 2.93 bits per heavy atom. The summed E-state index contributed by atoms with van der Waals surface area (Å²) in [5.41, 5.74) is 2.21. The van der Waals surface area contributed by atoms with E-state index in [0.29, 0.717) is 5.75 Å². The second-order valence-corrected chi connectivity index (χ2v) is 7.62. The number of nitrogens with one attached hydrogen (secondary N) is 1. The minimum atomic E-state index is -1.25. The van der Waals surface area contributed by atoms with Gasteiger partial charge in [0.25, 0.3) is 0 Å². The number of halogens is 1. The van der Waals surface area contributed by atoms with Crippen LogP contribution < -0.4 is 10.1 Å². The van der Waals surface area contributed by atoms with Crippen molar-refractivity contribution in [1.82, 2.24) is 9.88 Å². The maximum Gasteiger partial charge on any atom is 0.409 e. The number of aromatic nitrogens is 1. The topological polar surface area (TPSA) is 74.7 Å². The van der Waals surface area contributed by atoms with Crippen LogP contribution in [0.1, 0.15) is 11.3 Å². The number of rotatable bonds is 4. The predicted molar refractivity (Wildman–Crippen MR) is 108 cm³/mol. The third-order valence-corrected chi connectivity index (χ3v) is 5.65. The number of hydrogen-bond donors (Lipinski definition) is 2. The number of amides is 1. The van der Waals surface area contributed by atoms with E-state index in [0.717, 1.165) is 40.7 Å². The lowest BCUT2D eigenvalue weighted by molar-refractivity contribution is 0.209. The molecule has 1 aliphatic heterocycles. The first-order valence-corrected chi connectivity index (χ1v) is 9.55. The van der Waals surface area contributed by atoms with Crippen molar-refractivity contribution in [2.45, 2.75) is 6.42 Å². The molecule has 144 valence electrons. The van der Waals surface area contributed by atoms with Gasteiger partial charge < -0.3 is 14.7 Å². The van der Waals surface area contributed by atoms with E-state index < -0.39 is 11.9 Å². The number of thiophene rings is 1. The van der Waals surface area contributed by atoms with Crippen molar-refractivity contribution in [2.75, 3.05) is 25.5 Å². The lowest BCUT2D eigenvalue weighted by atomic mass is 10.1. The highest BCUT2D eigenvalue weighted by Gasteiger charge is 2.16. The Bertz CT molecular complexity index is 1080. The molecule has 3 heterocycles. The second kappa shape index (κ2) is 7.57. The molecule has 1 amide bonds. The van der Waals surface area contributed by atoms with Crippen LogP contribution in [0.25, 0.3) is 15.8 Å². The molecule has 0 saturated carbocycles. The fourth-order valence-electron chi connectivity index (χ4n) is 3.13. The maximum absolute atomic E-state index is 14.3. The summed E-state index contributed by atoms with van der Waals surface area (Å²) in [6, 6.07) is 7.68. The zero-order chi connectivity index (χ0) is 19.7. The molecule has 4 rings (SSSR count).